The molecule has 1 aromatic heterocycles. The Morgan fingerprint density at radius 3 is 2.50 bits per heavy atom. The summed E-state index contributed by atoms with van der Waals surface area (Å²) in [5.41, 5.74) is 17.9. The van der Waals surface area contributed by atoms with E-state index in [1.165, 1.54) is 6.07 Å². The second kappa shape index (κ2) is 5.70. The summed E-state index contributed by atoms with van der Waals surface area (Å²) in [5, 5.41) is 0. The molecule has 0 saturated heterocycles. The number of guanidine groups is 2. The molecule has 0 aliphatic heterocycles. The molecule has 1 aromatic carbocycles. The number of benzene rings is 1. The number of hydrogen-bond acceptors (Lipinski definition) is 2. The fourth-order valence-electron chi connectivity index (χ4n) is 1.65. The van der Waals surface area contributed by atoms with Crippen molar-refractivity contribution in [1.82, 2.24) is 4.98 Å². The van der Waals surface area contributed by atoms with E-state index in [9.17, 15) is 4.79 Å². The molecule has 7 nitrogen and oxygen atoms in total. The Labute approximate surface area is 114 Å². The number of nitrogens with two attached hydrogens (primary N) is 3. The van der Waals surface area contributed by atoms with Crippen LogP contribution in [-0.4, -0.2) is 16.9 Å². The molecule has 0 aliphatic rings. The molecule has 0 unspecified atom stereocenters. The van der Waals surface area contributed by atoms with Crippen LogP contribution in [0, 0.1) is 0 Å². The Balaban J connectivity index is 2.38. The van der Waals surface area contributed by atoms with E-state index in [0.717, 1.165) is 5.56 Å². The van der Waals surface area contributed by atoms with E-state index in [-0.39, 0.29) is 17.5 Å². The zero-order chi connectivity index (χ0) is 14.5. The van der Waals surface area contributed by atoms with E-state index >= 15 is 0 Å². The van der Waals surface area contributed by atoms with Crippen LogP contribution in [0.1, 0.15) is 0 Å². The number of H-pyrrole nitrogens is 1. The number of nitrogens with one attached hydrogen (secondary N) is 1. The van der Waals surface area contributed by atoms with E-state index < -0.39 is 0 Å². The molecule has 102 valence electrons. The fraction of sp³-hybridized carbons (Fsp3) is 0. The molecular formula is C13H14N6O. The highest BCUT2D eigenvalue weighted by Crippen LogP contribution is 2.21. The Morgan fingerprint density at radius 2 is 1.80 bits per heavy atom. The maximum atomic E-state index is 11.3. The minimum Gasteiger partial charge on any atom is -0.370 e. The molecule has 0 saturated carbocycles. The highest BCUT2D eigenvalue weighted by Gasteiger charge is 2.00. The van der Waals surface area contributed by atoms with Gasteiger partial charge in [-0.1, -0.05) is 18.2 Å². The van der Waals surface area contributed by atoms with Crippen molar-refractivity contribution in [3.05, 3.63) is 52.8 Å². The first-order valence-electron chi connectivity index (χ1n) is 5.78. The normalized spacial score (nSPS) is 11.1. The molecule has 0 aliphatic carbocycles. The number of aromatic nitrogens is 1. The molecule has 0 atom stereocenters. The summed E-state index contributed by atoms with van der Waals surface area (Å²) in [4.78, 5) is 21.7. The largest absolute Gasteiger partial charge is 0.370 e. The lowest BCUT2D eigenvalue weighted by Crippen LogP contribution is -2.26. The predicted molar refractivity (Wildman–Crippen MR) is 79.6 cm³/mol. The van der Waals surface area contributed by atoms with Crippen LogP contribution >= 0.6 is 0 Å². The average Bonchev–Trinajstić information content (AvgIpc) is 2.38. The fourth-order valence-corrected chi connectivity index (χ4v) is 1.65. The number of nitrogens with zero attached hydrogens (tertiary/aromatic N) is 2. The summed E-state index contributed by atoms with van der Waals surface area (Å²) in [5.74, 6) is -0.196. The SMILES string of the molecule is NC(N)=NC(N)=Nc1cccc(-c2cccc(=O)[nH]2)c1. The quantitative estimate of drug-likeness (QED) is 0.459. The summed E-state index contributed by atoms with van der Waals surface area (Å²) in [7, 11) is 0. The third kappa shape index (κ3) is 3.45. The van der Waals surface area contributed by atoms with Crippen molar-refractivity contribution in [2.24, 2.45) is 27.2 Å². The first-order chi connectivity index (χ1) is 9.54. The van der Waals surface area contributed by atoms with Crippen molar-refractivity contribution in [3.8, 4) is 11.3 Å². The lowest BCUT2D eigenvalue weighted by atomic mass is 10.1. The summed E-state index contributed by atoms with van der Waals surface area (Å²) < 4.78 is 0. The molecule has 0 spiro atoms. The first kappa shape index (κ1) is 13.3. The molecule has 0 radical (unpaired) electrons. The van der Waals surface area contributed by atoms with Crippen molar-refractivity contribution in [2.75, 3.05) is 0 Å². The highest BCUT2D eigenvalue weighted by molar-refractivity contribution is 5.93. The van der Waals surface area contributed by atoms with Crippen LogP contribution in [0.3, 0.4) is 0 Å². The van der Waals surface area contributed by atoms with Crippen LogP contribution in [0.5, 0.6) is 0 Å². The molecule has 2 aromatic rings. The number of pyridine rings is 1. The van der Waals surface area contributed by atoms with Gasteiger partial charge in [-0.3, -0.25) is 4.79 Å². The molecule has 0 fully saturated rings. The van der Waals surface area contributed by atoms with Gasteiger partial charge in [-0.2, -0.15) is 4.99 Å². The first-order valence-corrected chi connectivity index (χ1v) is 5.78. The standard InChI is InChI=1S/C13H14N6O/c14-12(15)19-13(16)17-9-4-1-3-8(7-9)10-5-2-6-11(20)18-10/h1-7H,(H,18,20)(H6,14,15,16,17,19). The third-order valence-electron chi connectivity index (χ3n) is 2.41. The Bertz CT molecular complexity index is 727. The van der Waals surface area contributed by atoms with Gasteiger partial charge in [-0.05, 0) is 18.2 Å². The van der Waals surface area contributed by atoms with E-state index in [0.29, 0.717) is 11.4 Å². The third-order valence-corrected chi connectivity index (χ3v) is 2.41. The summed E-state index contributed by atoms with van der Waals surface area (Å²) in [6.07, 6.45) is 0. The number of hydrogen-bond donors (Lipinski definition) is 4. The zero-order valence-electron chi connectivity index (χ0n) is 10.6. The maximum Gasteiger partial charge on any atom is 0.248 e. The lowest BCUT2D eigenvalue weighted by Gasteiger charge is -2.02. The van der Waals surface area contributed by atoms with Gasteiger partial charge in [0.15, 0.2) is 5.96 Å². The van der Waals surface area contributed by atoms with Crippen LogP contribution in [-0.2, 0) is 0 Å². The second-order valence-corrected chi connectivity index (χ2v) is 3.99. The minimum atomic E-state index is -0.170. The van der Waals surface area contributed by atoms with Gasteiger partial charge in [0.1, 0.15) is 0 Å². The molecule has 1 heterocycles. The summed E-state index contributed by atoms with van der Waals surface area (Å²) in [6, 6.07) is 12.1. The van der Waals surface area contributed by atoms with Crippen LogP contribution in [0.2, 0.25) is 0 Å². The van der Waals surface area contributed by atoms with E-state index in [2.05, 4.69) is 15.0 Å². The molecule has 2 rings (SSSR count). The zero-order valence-corrected chi connectivity index (χ0v) is 10.6. The molecular weight excluding hydrogens is 256 g/mol. The minimum absolute atomic E-state index is 0.0382. The van der Waals surface area contributed by atoms with Gasteiger partial charge in [0, 0.05) is 17.3 Å². The van der Waals surface area contributed by atoms with Crippen molar-refractivity contribution in [1.29, 1.82) is 0 Å². The molecule has 20 heavy (non-hydrogen) atoms. The van der Waals surface area contributed by atoms with E-state index in [1.54, 1.807) is 30.3 Å². The van der Waals surface area contributed by atoms with Gasteiger partial charge in [0.25, 0.3) is 0 Å². The topological polar surface area (TPSA) is 136 Å². The Morgan fingerprint density at radius 1 is 1.05 bits per heavy atom. The van der Waals surface area contributed by atoms with Gasteiger partial charge in [-0.15, -0.1) is 0 Å². The average molecular weight is 270 g/mol. The van der Waals surface area contributed by atoms with Crippen molar-refractivity contribution >= 4 is 17.6 Å². The summed E-state index contributed by atoms with van der Waals surface area (Å²) in [6.45, 7) is 0. The van der Waals surface area contributed by atoms with Crippen molar-refractivity contribution in [3.63, 3.8) is 0 Å². The Hall–Kier alpha value is -3.09. The highest BCUT2D eigenvalue weighted by atomic mass is 16.1. The Kier molecular flexibility index (Phi) is 3.80. The number of rotatable bonds is 2. The summed E-state index contributed by atoms with van der Waals surface area (Å²) >= 11 is 0. The smallest absolute Gasteiger partial charge is 0.248 e. The second-order valence-electron chi connectivity index (χ2n) is 3.99. The molecule has 0 bridgehead atoms. The van der Waals surface area contributed by atoms with Crippen LogP contribution in [0.4, 0.5) is 5.69 Å². The van der Waals surface area contributed by atoms with Gasteiger partial charge in [0.05, 0.1) is 5.69 Å². The monoisotopic (exact) mass is 270 g/mol. The number of aromatic amines is 1. The maximum absolute atomic E-state index is 11.3. The van der Waals surface area contributed by atoms with Crippen LogP contribution < -0.4 is 22.8 Å². The van der Waals surface area contributed by atoms with E-state index in [1.807, 2.05) is 6.07 Å². The van der Waals surface area contributed by atoms with Crippen molar-refractivity contribution < 1.29 is 0 Å². The van der Waals surface area contributed by atoms with Gasteiger partial charge >= 0.3 is 0 Å². The van der Waals surface area contributed by atoms with Gasteiger partial charge in [0.2, 0.25) is 11.5 Å². The van der Waals surface area contributed by atoms with Gasteiger partial charge in [-0.25, -0.2) is 4.99 Å². The van der Waals surface area contributed by atoms with Crippen molar-refractivity contribution in [2.45, 2.75) is 0 Å². The number of aliphatic imine (C=N–C) groups is 2. The lowest BCUT2D eigenvalue weighted by molar-refractivity contribution is 1.24. The van der Waals surface area contributed by atoms with E-state index in [4.69, 9.17) is 17.2 Å². The predicted octanol–water partition coefficient (Wildman–Crippen LogP) is 0.262. The molecule has 0 amide bonds. The van der Waals surface area contributed by atoms with Crippen LogP contribution in [0.15, 0.2) is 57.2 Å². The molecule has 7 heteroatoms. The van der Waals surface area contributed by atoms with Crippen LogP contribution in [0.25, 0.3) is 11.3 Å². The van der Waals surface area contributed by atoms with Gasteiger partial charge < -0.3 is 22.2 Å². The molecule has 7 N–H and O–H groups in total.